The lowest BCUT2D eigenvalue weighted by atomic mass is 10.0. The van der Waals surface area contributed by atoms with Crippen molar-refractivity contribution in [2.75, 3.05) is 13.7 Å². The van der Waals surface area contributed by atoms with Crippen molar-refractivity contribution >= 4 is 21.7 Å². The van der Waals surface area contributed by atoms with Crippen molar-refractivity contribution in [2.45, 2.75) is 37.3 Å². The van der Waals surface area contributed by atoms with E-state index in [0.29, 0.717) is 11.1 Å². The van der Waals surface area contributed by atoms with Gasteiger partial charge in [0.15, 0.2) is 5.78 Å². The van der Waals surface area contributed by atoms with Crippen molar-refractivity contribution in [1.82, 2.24) is 10.0 Å². The Morgan fingerprint density at radius 3 is 2.20 bits per heavy atom. The molecule has 9 heteroatoms. The Bertz CT molecular complexity index is 975. The number of carbonyl (C=O) groups is 2. The van der Waals surface area contributed by atoms with Gasteiger partial charge in [-0.1, -0.05) is 24.3 Å². The van der Waals surface area contributed by atoms with Crippen LogP contribution < -0.4 is 10.0 Å². The zero-order valence-electron chi connectivity index (χ0n) is 17.0. The number of Topliss-reactive ketones (excluding diaryl/α,β-unsaturated/α-hetero) is 1. The standard InChI is InChI=1S/C21H25FN2O5S/c1-14(21(29-3)17-4-8-18(22)9-5-17)24-20(26)12-13-23-30(27,28)19-10-6-16(7-11-19)15(2)25/h4-11,14,21,23H,12-13H2,1-3H3,(H,24,26)/t14-,21-/m0/s1. The number of amides is 1. The van der Waals surface area contributed by atoms with E-state index in [0.717, 1.165) is 0 Å². The van der Waals surface area contributed by atoms with Gasteiger partial charge in [0.25, 0.3) is 0 Å². The zero-order valence-corrected chi connectivity index (χ0v) is 17.8. The summed E-state index contributed by atoms with van der Waals surface area (Å²) in [5.74, 6) is -0.887. The lowest BCUT2D eigenvalue weighted by Crippen LogP contribution is -2.39. The Morgan fingerprint density at radius 2 is 1.67 bits per heavy atom. The van der Waals surface area contributed by atoms with E-state index in [9.17, 15) is 22.4 Å². The Kier molecular flexibility index (Phi) is 8.22. The normalized spacial score (nSPS) is 13.5. The quantitative estimate of drug-likeness (QED) is 0.558. The van der Waals surface area contributed by atoms with Gasteiger partial charge in [0.1, 0.15) is 11.9 Å². The van der Waals surface area contributed by atoms with Crippen LogP contribution in [0.1, 0.15) is 42.3 Å². The molecule has 0 aliphatic carbocycles. The van der Waals surface area contributed by atoms with E-state index in [1.807, 2.05) is 0 Å². The van der Waals surface area contributed by atoms with Crippen LogP contribution in [0.3, 0.4) is 0 Å². The summed E-state index contributed by atoms with van der Waals surface area (Å²) >= 11 is 0. The molecule has 0 spiro atoms. The summed E-state index contributed by atoms with van der Waals surface area (Å²) < 4.78 is 45.5. The van der Waals surface area contributed by atoms with Crippen LogP contribution >= 0.6 is 0 Å². The number of sulfonamides is 1. The molecule has 0 aromatic heterocycles. The molecule has 0 bridgehead atoms. The number of methoxy groups -OCH3 is 1. The first kappa shape index (κ1) is 23.7. The minimum absolute atomic E-state index is 0.0111. The predicted octanol–water partition coefficient (Wildman–Crippen LogP) is 2.59. The first-order chi connectivity index (χ1) is 14.1. The molecule has 0 saturated carbocycles. The Hall–Kier alpha value is -2.62. The molecular formula is C21H25FN2O5S. The van der Waals surface area contributed by atoms with Crippen molar-refractivity contribution in [2.24, 2.45) is 0 Å². The number of carbonyl (C=O) groups excluding carboxylic acids is 2. The molecule has 0 heterocycles. The number of ketones is 1. The molecule has 2 rings (SSSR count). The Morgan fingerprint density at radius 1 is 1.07 bits per heavy atom. The summed E-state index contributed by atoms with van der Waals surface area (Å²) in [5, 5.41) is 2.76. The van der Waals surface area contributed by atoms with E-state index < -0.39 is 22.2 Å². The second-order valence-corrected chi connectivity index (χ2v) is 8.56. The number of nitrogens with one attached hydrogen (secondary N) is 2. The molecule has 0 aliphatic heterocycles. The molecule has 0 radical (unpaired) electrons. The largest absolute Gasteiger partial charge is 0.375 e. The maximum absolute atomic E-state index is 13.1. The van der Waals surface area contributed by atoms with Crippen molar-refractivity contribution < 1.29 is 27.1 Å². The highest BCUT2D eigenvalue weighted by Crippen LogP contribution is 2.21. The zero-order chi connectivity index (χ0) is 22.3. The summed E-state index contributed by atoms with van der Waals surface area (Å²) in [6.07, 6.45) is -0.555. The van der Waals surface area contributed by atoms with E-state index in [1.54, 1.807) is 19.1 Å². The molecular weight excluding hydrogens is 411 g/mol. The molecule has 2 aromatic carbocycles. The third-order valence-electron chi connectivity index (χ3n) is 4.51. The monoisotopic (exact) mass is 436 g/mol. The first-order valence-corrected chi connectivity index (χ1v) is 10.8. The summed E-state index contributed by atoms with van der Waals surface area (Å²) in [6, 6.07) is 10.9. The smallest absolute Gasteiger partial charge is 0.240 e. The van der Waals surface area contributed by atoms with Crippen molar-refractivity contribution in [3.63, 3.8) is 0 Å². The van der Waals surface area contributed by atoms with E-state index in [-0.39, 0.29) is 35.4 Å². The third kappa shape index (κ3) is 6.45. The van der Waals surface area contributed by atoms with Crippen LogP contribution in [0.4, 0.5) is 4.39 Å². The van der Waals surface area contributed by atoms with E-state index in [4.69, 9.17) is 4.74 Å². The van der Waals surface area contributed by atoms with E-state index in [2.05, 4.69) is 10.0 Å². The molecule has 7 nitrogen and oxygen atoms in total. The molecule has 30 heavy (non-hydrogen) atoms. The minimum Gasteiger partial charge on any atom is -0.375 e. The topological polar surface area (TPSA) is 102 Å². The van der Waals surface area contributed by atoms with Gasteiger partial charge >= 0.3 is 0 Å². The highest BCUT2D eigenvalue weighted by Gasteiger charge is 2.21. The molecule has 2 N–H and O–H groups in total. The summed E-state index contributed by atoms with van der Waals surface area (Å²) in [6.45, 7) is 3.05. The van der Waals surface area contributed by atoms with Gasteiger partial charge < -0.3 is 10.1 Å². The van der Waals surface area contributed by atoms with E-state index in [1.165, 1.54) is 50.4 Å². The molecule has 0 saturated heterocycles. The number of halogens is 1. The van der Waals surface area contributed by atoms with E-state index >= 15 is 0 Å². The number of rotatable bonds is 10. The minimum atomic E-state index is -3.80. The summed E-state index contributed by atoms with van der Waals surface area (Å²) in [7, 11) is -2.31. The lowest BCUT2D eigenvalue weighted by molar-refractivity contribution is -0.122. The molecule has 0 aliphatic rings. The number of hydrogen-bond donors (Lipinski definition) is 2. The van der Waals surface area contributed by atoms with Gasteiger partial charge in [-0.2, -0.15) is 0 Å². The number of hydrogen-bond acceptors (Lipinski definition) is 5. The highest BCUT2D eigenvalue weighted by atomic mass is 32.2. The van der Waals surface area contributed by atoms with Crippen molar-refractivity contribution in [3.05, 3.63) is 65.5 Å². The maximum Gasteiger partial charge on any atom is 0.240 e. The molecule has 2 aromatic rings. The fourth-order valence-corrected chi connectivity index (χ4v) is 3.97. The van der Waals surface area contributed by atoms with Crippen molar-refractivity contribution in [3.8, 4) is 0 Å². The van der Waals surface area contributed by atoms with Gasteiger partial charge in [-0.25, -0.2) is 17.5 Å². The second kappa shape index (κ2) is 10.4. The van der Waals surface area contributed by atoms with Crippen LogP contribution in [0, 0.1) is 5.82 Å². The van der Waals surface area contributed by atoms with Gasteiger partial charge in [-0.05, 0) is 43.7 Å². The first-order valence-electron chi connectivity index (χ1n) is 9.32. The van der Waals surface area contributed by atoms with Crippen LogP contribution in [-0.2, 0) is 19.6 Å². The molecule has 1 amide bonds. The lowest BCUT2D eigenvalue weighted by Gasteiger charge is -2.24. The fourth-order valence-electron chi connectivity index (χ4n) is 2.93. The highest BCUT2D eigenvalue weighted by molar-refractivity contribution is 7.89. The number of benzene rings is 2. The fraction of sp³-hybridized carbons (Fsp3) is 0.333. The average Bonchev–Trinajstić information content (AvgIpc) is 2.69. The third-order valence-corrected chi connectivity index (χ3v) is 5.99. The maximum atomic E-state index is 13.1. The molecule has 2 atom stereocenters. The van der Waals surface area contributed by atoms with Crippen LogP contribution in [-0.4, -0.2) is 39.8 Å². The summed E-state index contributed by atoms with van der Waals surface area (Å²) in [5.41, 5.74) is 1.12. The Balaban J connectivity index is 1.88. The van der Waals surface area contributed by atoms with Gasteiger partial charge in [0.2, 0.25) is 15.9 Å². The summed E-state index contributed by atoms with van der Waals surface area (Å²) in [4.78, 5) is 23.5. The van der Waals surface area contributed by atoms with Crippen LogP contribution in [0.2, 0.25) is 0 Å². The average molecular weight is 437 g/mol. The van der Waals surface area contributed by atoms with Gasteiger partial charge in [-0.15, -0.1) is 0 Å². The van der Waals surface area contributed by atoms with Crippen LogP contribution in [0.15, 0.2) is 53.4 Å². The predicted molar refractivity (Wildman–Crippen MR) is 110 cm³/mol. The second-order valence-electron chi connectivity index (χ2n) is 6.79. The van der Waals surface area contributed by atoms with Gasteiger partial charge in [0.05, 0.1) is 10.9 Å². The number of ether oxygens (including phenoxy) is 1. The molecule has 0 fully saturated rings. The Labute approximate surface area is 175 Å². The SMILES string of the molecule is CO[C@H](c1ccc(F)cc1)[C@H](C)NC(=O)CCNS(=O)(=O)c1ccc(C(C)=O)cc1. The van der Waals surface area contributed by atoms with Gasteiger partial charge in [0, 0.05) is 25.6 Å². The van der Waals surface area contributed by atoms with Crippen LogP contribution in [0.5, 0.6) is 0 Å². The van der Waals surface area contributed by atoms with Crippen molar-refractivity contribution in [1.29, 1.82) is 0 Å². The van der Waals surface area contributed by atoms with Crippen LogP contribution in [0.25, 0.3) is 0 Å². The molecule has 0 unspecified atom stereocenters. The molecule has 162 valence electrons. The van der Waals surface area contributed by atoms with Gasteiger partial charge in [-0.3, -0.25) is 9.59 Å².